The van der Waals surface area contributed by atoms with E-state index in [9.17, 15) is 9.59 Å². The van der Waals surface area contributed by atoms with Crippen LogP contribution in [0.25, 0.3) is 10.9 Å². The first-order chi connectivity index (χ1) is 10.6. The fourth-order valence-electron chi connectivity index (χ4n) is 2.06. The minimum atomic E-state index is -0.362. The number of aromatic amines is 1. The molecule has 2 amide bonds. The van der Waals surface area contributed by atoms with Crippen LogP contribution in [0.3, 0.4) is 0 Å². The lowest BCUT2D eigenvalue weighted by Crippen LogP contribution is -2.26. The molecule has 0 aliphatic rings. The molecule has 1 aromatic carbocycles. The Labute approximate surface area is 132 Å². The molecular formula is C15H16N4O2S. The summed E-state index contributed by atoms with van der Waals surface area (Å²) in [6.07, 6.45) is 2.09. The van der Waals surface area contributed by atoms with Gasteiger partial charge in [0.05, 0.1) is 18.2 Å². The lowest BCUT2D eigenvalue weighted by atomic mass is 10.1. The maximum Gasteiger partial charge on any atom is 0.251 e. The largest absolute Gasteiger partial charge is 0.369 e. The summed E-state index contributed by atoms with van der Waals surface area (Å²) < 4.78 is 0. The van der Waals surface area contributed by atoms with E-state index in [1.54, 1.807) is 18.3 Å². The Bertz CT molecular complexity index is 733. The van der Waals surface area contributed by atoms with E-state index in [1.165, 1.54) is 11.8 Å². The maximum atomic E-state index is 12.1. The number of thioether (sulfide) groups is 1. The van der Waals surface area contributed by atoms with E-state index >= 15 is 0 Å². The Balaban J connectivity index is 1.98. The average molecular weight is 316 g/mol. The molecule has 0 bridgehead atoms. The van der Waals surface area contributed by atoms with Gasteiger partial charge in [0.15, 0.2) is 0 Å². The van der Waals surface area contributed by atoms with Gasteiger partial charge in [-0.2, -0.15) is 17.0 Å². The molecule has 2 rings (SSSR count). The third-order valence-electron chi connectivity index (χ3n) is 3.08. The van der Waals surface area contributed by atoms with Gasteiger partial charge in [-0.15, -0.1) is 0 Å². The molecule has 0 aliphatic carbocycles. The van der Waals surface area contributed by atoms with Crippen LogP contribution in [0.15, 0.2) is 24.4 Å². The van der Waals surface area contributed by atoms with Crippen LogP contribution >= 0.6 is 11.8 Å². The normalized spacial score (nSPS) is 10.3. The zero-order chi connectivity index (χ0) is 15.9. The average Bonchev–Trinajstić information content (AvgIpc) is 2.89. The van der Waals surface area contributed by atoms with Gasteiger partial charge in [0.25, 0.3) is 5.91 Å². The number of primary amides is 1. The van der Waals surface area contributed by atoms with Crippen LogP contribution in [0.4, 0.5) is 0 Å². The standard InChI is InChI=1S/C15H16N4O2S/c16-4-3-11-8-19-13-2-1-10(7-12(11)13)15(21)18-5-6-22-9-14(17)20/h1-2,7-8,19H,3,5-6,9H2,(H2,17,20)(H,18,21). The zero-order valence-electron chi connectivity index (χ0n) is 11.9. The number of nitrogens with two attached hydrogens (primary N) is 1. The number of carbonyl (C=O) groups excluding carboxylic acids is 2. The molecule has 0 aliphatic heterocycles. The quantitative estimate of drug-likeness (QED) is 0.666. The SMILES string of the molecule is N#CCc1c[nH]c2ccc(C(=O)NCCSCC(N)=O)cc12. The number of aromatic nitrogens is 1. The number of hydrogen-bond donors (Lipinski definition) is 3. The summed E-state index contributed by atoms with van der Waals surface area (Å²) in [4.78, 5) is 25.8. The molecule has 0 spiro atoms. The lowest BCUT2D eigenvalue weighted by molar-refractivity contribution is -0.115. The number of nitrogens with zero attached hydrogens (tertiary/aromatic N) is 1. The van der Waals surface area contributed by atoms with Crippen molar-refractivity contribution in [3.8, 4) is 6.07 Å². The van der Waals surface area contributed by atoms with Gasteiger partial charge in [0, 0.05) is 35.0 Å². The van der Waals surface area contributed by atoms with Crippen LogP contribution in [0.1, 0.15) is 15.9 Å². The minimum absolute atomic E-state index is 0.175. The molecule has 0 atom stereocenters. The van der Waals surface area contributed by atoms with Crippen molar-refractivity contribution in [3.05, 3.63) is 35.5 Å². The fraction of sp³-hybridized carbons (Fsp3) is 0.267. The summed E-state index contributed by atoms with van der Waals surface area (Å²) in [5.41, 5.74) is 7.36. The molecule has 0 unspecified atom stereocenters. The predicted octanol–water partition coefficient (Wildman–Crippen LogP) is 1.18. The van der Waals surface area contributed by atoms with E-state index in [4.69, 9.17) is 11.0 Å². The first-order valence-electron chi connectivity index (χ1n) is 6.73. The molecule has 0 radical (unpaired) electrons. The monoisotopic (exact) mass is 316 g/mol. The molecule has 6 nitrogen and oxygen atoms in total. The van der Waals surface area contributed by atoms with E-state index in [2.05, 4.69) is 16.4 Å². The molecule has 1 heterocycles. The van der Waals surface area contributed by atoms with Crippen LogP contribution in [-0.2, 0) is 11.2 Å². The smallest absolute Gasteiger partial charge is 0.251 e. The van der Waals surface area contributed by atoms with Gasteiger partial charge in [-0.1, -0.05) is 0 Å². The van der Waals surface area contributed by atoms with E-state index in [0.29, 0.717) is 24.3 Å². The number of benzene rings is 1. The van der Waals surface area contributed by atoms with Crippen molar-refractivity contribution in [2.24, 2.45) is 5.73 Å². The Hall–Kier alpha value is -2.46. The van der Waals surface area contributed by atoms with Crippen molar-refractivity contribution in [1.82, 2.24) is 10.3 Å². The van der Waals surface area contributed by atoms with E-state index < -0.39 is 0 Å². The summed E-state index contributed by atoms with van der Waals surface area (Å²) >= 11 is 1.38. The summed E-state index contributed by atoms with van der Waals surface area (Å²) in [6, 6.07) is 7.45. The summed E-state index contributed by atoms with van der Waals surface area (Å²) in [6.45, 7) is 0.465. The second kappa shape index (κ2) is 7.52. The molecule has 2 aromatic rings. The van der Waals surface area contributed by atoms with Crippen molar-refractivity contribution < 1.29 is 9.59 Å². The first kappa shape index (κ1) is 15.9. The van der Waals surface area contributed by atoms with Crippen LogP contribution < -0.4 is 11.1 Å². The summed E-state index contributed by atoms with van der Waals surface area (Å²) in [5.74, 6) is 0.341. The molecule has 0 fully saturated rings. The Morgan fingerprint density at radius 1 is 1.41 bits per heavy atom. The number of fused-ring (bicyclic) bond motifs is 1. The van der Waals surface area contributed by atoms with E-state index in [1.807, 2.05) is 6.07 Å². The van der Waals surface area contributed by atoms with Gasteiger partial charge in [0.1, 0.15) is 0 Å². The highest BCUT2D eigenvalue weighted by atomic mass is 32.2. The molecule has 114 valence electrons. The van der Waals surface area contributed by atoms with Crippen LogP contribution in [0.2, 0.25) is 0 Å². The Morgan fingerprint density at radius 2 is 2.23 bits per heavy atom. The highest BCUT2D eigenvalue weighted by Gasteiger charge is 2.09. The molecule has 7 heteroatoms. The first-order valence-corrected chi connectivity index (χ1v) is 7.88. The summed E-state index contributed by atoms with van der Waals surface area (Å²) in [5, 5.41) is 12.5. The molecule has 1 aromatic heterocycles. The Kier molecular flexibility index (Phi) is 5.44. The minimum Gasteiger partial charge on any atom is -0.369 e. The topological polar surface area (TPSA) is 112 Å². The molecule has 4 N–H and O–H groups in total. The van der Waals surface area contributed by atoms with Crippen LogP contribution in [0.5, 0.6) is 0 Å². The van der Waals surface area contributed by atoms with Crippen molar-refractivity contribution >= 4 is 34.5 Å². The van der Waals surface area contributed by atoms with Crippen molar-refractivity contribution in [3.63, 3.8) is 0 Å². The van der Waals surface area contributed by atoms with Crippen molar-refractivity contribution in [2.75, 3.05) is 18.1 Å². The predicted molar refractivity (Wildman–Crippen MR) is 86.5 cm³/mol. The summed E-state index contributed by atoms with van der Waals surface area (Å²) in [7, 11) is 0. The molecular weight excluding hydrogens is 300 g/mol. The maximum absolute atomic E-state index is 12.1. The highest BCUT2D eigenvalue weighted by Crippen LogP contribution is 2.20. The molecule has 22 heavy (non-hydrogen) atoms. The second-order valence-corrected chi connectivity index (χ2v) is 5.79. The third kappa shape index (κ3) is 4.02. The van der Waals surface area contributed by atoms with Gasteiger partial charge in [-0.3, -0.25) is 9.59 Å². The van der Waals surface area contributed by atoms with Crippen molar-refractivity contribution in [1.29, 1.82) is 5.26 Å². The zero-order valence-corrected chi connectivity index (χ0v) is 12.7. The number of nitrogens with one attached hydrogen (secondary N) is 2. The van der Waals surface area contributed by atoms with Gasteiger partial charge in [-0.05, 0) is 23.8 Å². The number of carbonyl (C=O) groups is 2. The number of rotatable bonds is 7. The van der Waals surface area contributed by atoms with Crippen LogP contribution in [-0.4, -0.2) is 34.8 Å². The lowest BCUT2D eigenvalue weighted by Gasteiger charge is -2.05. The van der Waals surface area contributed by atoms with Gasteiger partial charge in [0.2, 0.25) is 5.91 Å². The van der Waals surface area contributed by atoms with Gasteiger partial charge < -0.3 is 16.0 Å². The number of nitriles is 1. The van der Waals surface area contributed by atoms with E-state index in [0.717, 1.165) is 16.5 Å². The van der Waals surface area contributed by atoms with Crippen molar-refractivity contribution in [2.45, 2.75) is 6.42 Å². The molecule has 0 saturated carbocycles. The Morgan fingerprint density at radius 3 is 2.95 bits per heavy atom. The highest BCUT2D eigenvalue weighted by molar-refractivity contribution is 7.99. The third-order valence-corrected chi connectivity index (χ3v) is 4.06. The number of H-pyrrole nitrogens is 1. The number of amides is 2. The second-order valence-electron chi connectivity index (χ2n) is 4.68. The van der Waals surface area contributed by atoms with Gasteiger partial charge >= 0.3 is 0 Å². The fourth-order valence-corrected chi connectivity index (χ4v) is 2.65. The van der Waals surface area contributed by atoms with E-state index in [-0.39, 0.29) is 17.6 Å². The van der Waals surface area contributed by atoms with Crippen LogP contribution in [0, 0.1) is 11.3 Å². The number of hydrogen-bond acceptors (Lipinski definition) is 4. The van der Waals surface area contributed by atoms with Gasteiger partial charge in [-0.25, -0.2) is 0 Å². The molecule has 0 saturated heterocycles.